The van der Waals surface area contributed by atoms with Crippen LogP contribution in [0.5, 0.6) is 11.5 Å². The van der Waals surface area contributed by atoms with Crippen molar-refractivity contribution in [3.8, 4) is 11.5 Å². The van der Waals surface area contributed by atoms with E-state index < -0.39 is 23.7 Å². The molecule has 0 aliphatic heterocycles. The summed E-state index contributed by atoms with van der Waals surface area (Å²) in [6, 6.07) is 3.64. The number of carbonyl (C=O) groups is 2. The van der Waals surface area contributed by atoms with Crippen molar-refractivity contribution < 1.29 is 29.6 Å². The molecule has 104 valence electrons. The summed E-state index contributed by atoms with van der Waals surface area (Å²) >= 11 is 0. The predicted molar refractivity (Wildman–Crippen MR) is 65.2 cm³/mol. The first-order valence-electron chi connectivity index (χ1n) is 5.48. The number of hydrogen-bond donors (Lipinski definition) is 4. The number of ether oxygens (including phenoxy) is 1. The van der Waals surface area contributed by atoms with Crippen LogP contribution in [0.2, 0.25) is 0 Å². The minimum absolute atomic E-state index is 0.0310. The summed E-state index contributed by atoms with van der Waals surface area (Å²) in [5, 5.41) is 29.5. The molecule has 0 spiro atoms. The number of carboxylic acids is 1. The van der Waals surface area contributed by atoms with Gasteiger partial charge in [0.15, 0.2) is 11.5 Å². The highest BCUT2D eigenvalue weighted by Crippen LogP contribution is 2.24. The van der Waals surface area contributed by atoms with Crippen LogP contribution in [0, 0.1) is 0 Å². The van der Waals surface area contributed by atoms with E-state index in [9.17, 15) is 14.7 Å². The Balaban J connectivity index is 2.59. The van der Waals surface area contributed by atoms with Gasteiger partial charge in [-0.15, -0.1) is 0 Å². The Morgan fingerprint density at radius 3 is 2.53 bits per heavy atom. The zero-order valence-corrected chi connectivity index (χ0v) is 10.3. The Hall–Kier alpha value is -2.28. The number of aromatic hydroxyl groups is 2. The van der Waals surface area contributed by atoms with E-state index in [0.717, 1.165) is 6.07 Å². The van der Waals surface area contributed by atoms with E-state index in [4.69, 9.17) is 14.9 Å². The standard InChI is InChI=1S/C12H15NO6/c1-19-8(5-11(16)17)6-13-12(18)7-2-3-9(14)10(15)4-7/h2-4,8,14-15H,5-6H2,1H3,(H,13,18)(H,16,17). The smallest absolute Gasteiger partial charge is 0.306 e. The first-order chi connectivity index (χ1) is 8.93. The van der Waals surface area contributed by atoms with Gasteiger partial charge in [-0.05, 0) is 18.2 Å². The summed E-state index contributed by atoms with van der Waals surface area (Å²) in [5.74, 6) is -2.25. The number of carboxylic acid groups (broad SMARTS) is 1. The van der Waals surface area contributed by atoms with Crippen LogP contribution in [0.3, 0.4) is 0 Å². The number of hydrogen-bond acceptors (Lipinski definition) is 5. The van der Waals surface area contributed by atoms with Gasteiger partial charge in [-0.25, -0.2) is 0 Å². The summed E-state index contributed by atoms with van der Waals surface area (Å²) in [4.78, 5) is 22.2. The van der Waals surface area contributed by atoms with E-state index in [1.165, 1.54) is 19.2 Å². The second-order valence-electron chi connectivity index (χ2n) is 3.87. The Kier molecular flexibility index (Phi) is 5.13. The molecule has 1 aromatic carbocycles. The lowest BCUT2D eigenvalue weighted by Gasteiger charge is -2.14. The highest BCUT2D eigenvalue weighted by molar-refractivity contribution is 5.94. The molecule has 1 rings (SSSR count). The minimum Gasteiger partial charge on any atom is -0.504 e. The van der Waals surface area contributed by atoms with Crippen molar-refractivity contribution >= 4 is 11.9 Å². The molecule has 0 aliphatic carbocycles. The lowest BCUT2D eigenvalue weighted by molar-refractivity contribution is -0.139. The maximum absolute atomic E-state index is 11.7. The maximum Gasteiger partial charge on any atom is 0.306 e. The van der Waals surface area contributed by atoms with Crippen molar-refractivity contribution in [3.63, 3.8) is 0 Å². The zero-order valence-electron chi connectivity index (χ0n) is 10.3. The third-order valence-corrected chi connectivity index (χ3v) is 2.46. The molecule has 7 heteroatoms. The fourth-order valence-electron chi connectivity index (χ4n) is 1.41. The van der Waals surface area contributed by atoms with Gasteiger partial charge >= 0.3 is 5.97 Å². The fourth-order valence-corrected chi connectivity index (χ4v) is 1.41. The molecule has 0 fully saturated rings. The molecule has 19 heavy (non-hydrogen) atoms. The summed E-state index contributed by atoms with van der Waals surface area (Å²) in [7, 11) is 1.35. The van der Waals surface area contributed by atoms with Crippen molar-refractivity contribution in [3.05, 3.63) is 23.8 Å². The van der Waals surface area contributed by atoms with Crippen LogP contribution in [0.25, 0.3) is 0 Å². The van der Waals surface area contributed by atoms with Crippen LogP contribution < -0.4 is 5.32 Å². The third-order valence-electron chi connectivity index (χ3n) is 2.46. The van der Waals surface area contributed by atoms with Gasteiger partial charge in [0.1, 0.15) is 0 Å². The van der Waals surface area contributed by atoms with Gasteiger partial charge in [0.05, 0.1) is 12.5 Å². The van der Waals surface area contributed by atoms with Gasteiger partial charge in [-0.3, -0.25) is 9.59 Å². The summed E-state index contributed by atoms with van der Waals surface area (Å²) in [6.07, 6.45) is -0.857. The van der Waals surface area contributed by atoms with Gasteiger partial charge in [0.25, 0.3) is 5.91 Å². The maximum atomic E-state index is 11.7. The number of amides is 1. The van der Waals surface area contributed by atoms with Crippen molar-refractivity contribution in [1.82, 2.24) is 5.32 Å². The normalized spacial score (nSPS) is 11.8. The Morgan fingerprint density at radius 1 is 1.32 bits per heavy atom. The lowest BCUT2D eigenvalue weighted by Crippen LogP contribution is -2.34. The van der Waals surface area contributed by atoms with E-state index >= 15 is 0 Å². The molecule has 4 N–H and O–H groups in total. The number of methoxy groups -OCH3 is 1. The topological polar surface area (TPSA) is 116 Å². The SMILES string of the molecule is COC(CNC(=O)c1ccc(O)c(O)c1)CC(=O)O. The number of rotatable bonds is 6. The molecular weight excluding hydrogens is 254 g/mol. The monoisotopic (exact) mass is 269 g/mol. The van der Waals surface area contributed by atoms with Crippen LogP contribution in [0.4, 0.5) is 0 Å². The first kappa shape index (κ1) is 14.8. The molecule has 1 aromatic rings. The van der Waals surface area contributed by atoms with E-state index in [1.807, 2.05) is 0 Å². The molecule has 0 heterocycles. The molecule has 0 radical (unpaired) electrons. The van der Waals surface area contributed by atoms with Gasteiger partial charge in [0, 0.05) is 19.2 Å². The van der Waals surface area contributed by atoms with E-state index in [0.29, 0.717) is 0 Å². The average Bonchev–Trinajstić information content (AvgIpc) is 2.36. The van der Waals surface area contributed by atoms with Crippen LogP contribution in [0.15, 0.2) is 18.2 Å². The Morgan fingerprint density at radius 2 is 2.00 bits per heavy atom. The second-order valence-corrected chi connectivity index (χ2v) is 3.87. The molecule has 0 aliphatic rings. The number of phenolic OH excluding ortho intramolecular Hbond substituents is 2. The number of carbonyl (C=O) groups excluding carboxylic acids is 1. The number of nitrogens with one attached hydrogen (secondary N) is 1. The third kappa shape index (κ3) is 4.47. The number of benzene rings is 1. The molecule has 0 saturated heterocycles. The molecule has 7 nitrogen and oxygen atoms in total. The Labute approximate surface area is 109 Å². The molecule has 1 amide bonds. The molecule has 1 unspecified atom stereocenters. The second kappa shape index (κ2) is 6.60. The van der Waals surface area contributed by atoms with Crippen LogP contribution >= 0.6 is 0 Å². The fraction of sp³-hybridized carbons (Fsp3) is 0.333. The van der Waals surface area contributed by atoms with Gasteiger partial charge in [0.2, 0.25) is 0 Å². The van der Waals surface area contributed by atoms with Crippen molar-refractivity contribution in [2.75, 3.05) is 13.7 Å². The highest BCUT2D eigenvalue weighted by atomic mass is 16.5. The first-order valence-corrected chi connectivity index (χ1v) is 5.48. The van der Waals surface area contributed by atoms with Gasteiger partial charge in [-0.1, -0.05) is 0 Å². The van der Waals surface area contributed by atoms with Crippen molar-refractivity contribution in [1.29, 1.82) is 0 Å². The molecule has 0 saturated carbocycles. The minimum atomic E-state index is -1.02. The molecule has 0 aromatic heterocycles. The average molecular weight is 269 g/mol. The van der Waals surface area contributed by atoms with Crippen LogP contribution in [-0.4, -0.2) is 47.0 Å². The predicted octanol–water partition coefficient (Wildman–Crippen LogP) is 0.317. The number of phenols is 2. The van der Waals surface area contributed by atoms with E-state index in [1.54, 1.807) is 0 Å². The lowest BCUT2D eigenvalue weighted by atomic mass is 10.2. The summed E-state index contributed by atoms with van der Waals surface area (Å²) in [5.41, 5.74) is 0.153. The number of aliphatic carboxylic acids is 1. The Bertz CT molecular complexity index is 473. The van der Waals surface area contributed by atoms with E-state index in [2.05, 4.69) is 5.32 Å². The van der Waals surface area contributed by atoms with Crippen molar-refractivity contribution in [2.45, 2.75) is 12.5 Å². The highest BCUT2D eigenvalue weighted by Gasteiger charge is 2.15. The van der Waals surface area contributed by atoms with Crippen LogP contribution in [-0.2, 0) is 9.53 Å². The van der Waals surface area contributed by atoms with Crippen molar-refractivity contribution in [2.24, 2.45) is 0 Å². The quantitative estimate of drug-likeness (QED) is 0.553. The van der Waals surface area contributed by atoms with E-state index in [-0.39, 0.29) is 24.3 Å². The molecule has 0 bridgehead atoms. The zero-order chi connectivity index (χ0) is 14.4. The van der Waals surface area contributed by atoms with Crippen LogP contribution in [0.1, 0.15) is 16.8 Å². The summed E-state index contributed by atoms with van der Waals surface area (Å²) < 4.78 is 4.91. The molecular formula is C12H15NO6. The molecule has 1 atom stereocenters. The van der Waals surface area contributed by atoms with Gasteiger partial charge < -0.3 is 25.4 Å². The summed E-state index contributed by atoms with van der Waals surface area (Å²) in [6.45, 7) is 0.0310. The van der Waals surface area contributed by atoms with Gasteiger partial charge in [-0.2, -0.15) is 0 Å². The largest absolute Gasteiger partial charge is 0.504 e.